The van der Waals surface area contributed by atoms with E-state index >= 15 is 0 Å². The lowest BCUT2D eigenvalue weighted by Gasteiger charge is -2.34. The summed E-state index contributed by atoms with van der Waals surface area (Å²) in [6.45, 7) is 4.03. The zero-order valence-electron chi connectivity index (χ0n) is 13.8. The largest absolute Gasteiger partial charge is 1.00 e. The van der Waals surface area contributed by atoms with Gasteiger partial charge in [-0.05, 0) is 24.3 Å². The van der Waals surface area contributed by atoms with E-state index in [0.717, 1.165) is 46.7 Å². The molecule has 0 saturated heterocycles. The molecule has 0 aliphatic heterocycles. The molecule has 0 bridgehead atoms. The fourth-order valence-electron chi connectivity index (χ4n) is 2.35. The molecule has 0 N–H and O–H groups in total. The number of likely N-dealkylation sites (N-methyl/N-ethyl adjacent to an activating group) is 2. The van der Waals surface area contributed by atoms with Gasteiger partial charge >= 0.3 is 0 Å². The molecule has 2 rings (SSSR count). The van der Waals surface area contributed by atoms with Crippen LogP contribution in [0.5, 0.6) is 0 Å². The molecule has 0 radical (unpaired) electrons. The zero-order valence-corrected chi connectivity index (χ0v) is 16.9. The quantitative estimate of drug-likeness (QED) is 0.425. The molecule has 2 heterocycles. The maximum absolute atomic E-state index is 5.45. The van der Waals surface area contributed by atoms with Crippen molar-refractivity contribution in [1.29, 1.82) is 0 Å². The second-order valence-corrected chi connectivity index (χ2v) is 6.79. The Morgan fingerprint density at radius 2 is 1.09 bits per heavy atom. The number of nitrogens with zero attached hydrogens (tertiary/aromatic N) is 2. The Hall–Kier alpha value is -0.560. The number of quaternary nitrogens is 2. The van der Waals surface area contributed by atoms with Crippen molar-refractivity contribution < 1.29 is 51.8 Å². The highest BCUT2D eigenvalue weighted by atomic mass is 79.9. The van der Waals surface area contributed by atoms with Crippen molar-refractivity contribution in [3.8, 4) is 0 Å². The van der Waals surface area contributed by atoms with Crippen molar-refractivity contribution >= 4 is 0 Å². The van der Waals surface area contributed by atoms with Crippen molar-refractivity contribution in [2.45, 2.75) is 13.1 Å². The van der Waals surface area contributed by atoms with E-state index in [-0.39, 0.29) is 34.0 Å². The molecule has 0 unspecified atom stereocenters. The Bertz CT molecular complexity index is 460. The third-order valence-electron chi connectivity index (χ3n) is 3.64. The fourth-order valence-corrected chi connectivity index (χ4v) is 2.35. The third-order valence-corrected chi connectivity index (χ3v) is 3.64. The molecule has 0 aliphatic carbocycles. The summed E-state index contributed by atoms with van der Waals surface area (Å²) in [6.07, 6.45) is 3.48. The minimum Gasteiger partial charge on any atom is -1.00 e. The Kier molecular flexibility index (Phi) is 8.69. The molecule has 0 spiro atoms. The number of rotatable bonds is 7. The molecule has 0 fully saturated rings. The first kappa shape index (κ1) is 21.4. The van der Waals surface area contributed by atoms with Crippen LogP contribution in [0.3, 0.4) is 0 Å². The maximum Gasteiger partial charge on any atom is 0.158 e. The summed E-state index contributed by atoms with van der Waals surface area (Å²) < 4.78 is 12.7. The first-order chi connectivity index (χ1) is 9.36. The van der Waals surface area contributed by atoms with Gasteiger partial charge in [-0.3, -0.25) is 0 Å². The van der Waals surface area contributed by atoms with Crippen LogP contribution < -0.4 is 34.0 Å². The number of hydrogen-bond donors (Lipinski definition) is 0. The van der Waals surface area contributed by atoms with E-state index < -0.39 is 0 Å². The van der Waals surface area contributed by atoms with Gasteiger partial charge in [0.15, 0.2) is 11.5 Å². The lowest BCUT2D eigenvalue weighted by Crippen LogP contribution is -3.00. The summed E-state index contributed by atoms with van der Waals surface area (Å²) in [5.41, 5.74) is 0. The average molecular weight is 438 g/mol. The third kappa shape index (κ3) is 7.13. The molecule has 6 heteroatoms. The summed E-state index contributed by atoms with van der Waals surface area (Å²) in [5.74, 6) is 2.10. The van der Waals surface area contributed by atoms with Crippen LogP contribution in [0.2, 0.25) is 0 Å². The fraction of sp³-hybridized carbons (Fsp3) is 0.500. The van der Waals surface area contributed by atoms with Gasteiger partial charge in [-0.2, -0.15) is 0 Å². The molecular formula is C16H26Br2N2O2. The first-order valence-corrected chi connectivity index (χ1v) is 7.05. The second kappa shape index (κ2) is 8.91. The van der Waals surface area contributed by atoms with Crippen LogP contribution in [0.1, 0.15) is 11.5 Å². The van der Waals surface area contributed by atoms with Crippen LogP contribution in [0.25, 0.3) is 0 Å². The summed E-state index contributed by atoms with van der Waals surface area (Å²) >= 11 is 0. The maximum atomic E-state index is 5.45. The molecule has 0 saturated carbocycles. The molecular weight excluding hydrogens is 412 g/mol. The van der Waals surface area contributed by atoms with Gasteiger partial charge in [0.25, 0.3) is 0 Å². The number of furan rings is 2. The Balaban J connectivity index is 0.00000220. The van der Waals surface area contributed by atoms with Crippen LogP contribution in [0.4, 0.5) is 0 Å². The van der Waals surface area contributed by atoms with Crippen molar-refractivity contribution in [3.05, 3.63) is 48.3 Å². The summed E-state index contributed by atoms with van der Waals surface area (Å²) in [6, 6.07) is 7.99. The summed E-state index contributed by atoms with van der Waals surface area (Å²) in [5, 5.41) is 0. The molecule has 2 aromatic rings. The van der Waals surface area contributed by atoms with Crippen LogP contribution in [0.15, 0.2) is 45.6 Å². The molecule has 126 valence electrons. The highest BCUT2D eigenvalue weighted by molar-refractivity contribution is 4.96. The zero-order chi connectivity index (χ0) is 14.6. The number of halogens is 2. The van der Waals surface area contributed by atoms with Crippen LogP contribution >= 0.6 is 0 Å². The molecule has 0 aromatic carbocycles. The minimum atomic E-state index is 0. The van der Waals surface area contributed by atoms with Crippen LogP contribution in [-0.2, 0) is 13.1 Å². The molecule has 0 amide bonds. The van der Waals surface area contributed by atoms with E-state index in [4.69, 9.17) is 8.83 Å². The minimum absolute atomic E-state index is 0. The van der Waals surface area contributed by atoms with Gasteiger partial charge in [-0.1, -0.05) is 0 Å². The Morgan fingerprint density at radius 3 is 1.36 bits per heavy atom. The van der Waals surface area contributed by atoms with Gasteiger partial charge < -0.3 is 51.8 Å². The highest BCUT2D eigenvalue weighted by Gasteiger charge is 2.25. The topological polar surface area (TPSA) is 26.3 Å². The van der Waals surface area contributed by atoms with E-state index in [9.17, 15) is 0 Å². The molecule has 22 heavy (non-hydrogen) atoms. The first-order valence-electron chi connectivity index (χ1n) is 7.05. The van der Waals surface area contributed by atoms with Crippen LogP contribution in [0, 0.1) is 0 Å². The van der Waals surface area contributed by atoms with E-state index in [1.165, 1.54) is 0 Å². The van der Waals surface area contributed by atoms with Gasteiger partial charge in [0.2, 0.25) is 0 Å². The molecule has 0 atom stereocenters. The van der Waals surface area contributed by atoms with E-state index in [0.29, 0.717) is 0 Å². The van der Waals surface area contributed by atoms with Gasteiger partial charge in [0.05, 0.1) is 40.7 Å². The van der Waals surface area contributed by atoms with Crippen molar-refractivity contribution in [2.75, 3.05) is 41.3 Å². The Morgan fingerprint density at radius 1 is 0.727 bits per heavy atom. The predicted octanol–water partition coefficient (Wildman–Crippen LogP) is -3.27. The molecule has 4 nitrogen and oxygen atoms in total. The number of hydrogen-bond acceptors (Lipinski definition) is 2. The summed E-state index contributed by atoms with van der Waals surface area (Å²) in [4.78, 5) is 0. The normalized spacial score (nSPS) is 11.6. The summed E-state index contributed by atoms with van der Waals surface area (Å²) in [7, 11) is 8.98. The lowest BCUT2D eigenvalue weighted by atomic mass is 10.3. The molecule has 2 aromatic heterocycles. The van der Waals surface area contributed by atoms with Gasteiger partial charge in [0, 0.05) is 0 Å². The van der Waals surface area contributed by atoms with Crippen molar-refractivity contribution in [3.63, 3.8) is 0 Å². The SMILES string of the molecule is C[N+](C)(CC[N+](C)(C)Cc1ccco1)Cc1ccco1.[Br-].[Br-]. The van der Waals surface area contributed by atoms with Crippen molar-refractivity contribution in [2.24, 2.45) is 0 Å². The standard InChI is InChI=1S/C16H26N2O2.2BrH/c1-17(2,13-15-7-5-11-19-15)9-10-18(3,4)14-16-8-6-12-20-16;;/h5-8,11-12H,9-10,13-14H2,1-4H3;2*1H/q+2;;/p-2. The van der Waals surface area contributed by atoms with Crippen molar-refractivity contribution in [1.82, 2.24) is 0 Å². The second-order valence-electron chi connectivity index (χ2n) is 6.79. The highest BCUT2D eigenvalue weighted by Crippen LogP contribution is 2.13. The lowest BCUT2D eigenvalue weighted by molar-refractivity contribution is -0.959. The van der Waals surface area contributed by atoms with E-state index in [1.807, 2.05) is 24.3 Å². The smallest absolute Gasteiger partial charge is 0.158 e. The van der Waals surface area contributed by atoms with E-state index in [2.05, 4.69) is 28.2 Å². The average Bonchev–Trinajstić information content (AvgIpc) is 2.99. The van der Waals surface area contributed by atoms with E-state index in [1.54, 1.807) is 12.5 Å². The van der Waals surface area contributed by atoms with Crippen LogP contribution in [-0.4, -0.2) is 50.2 Å². The predicted molar refractivity (Wildman–Crippen MR) is 78.8 cm³/mol. The molecule has 0 aliphatic rings. The monoisotopic (exact) mass is 436 g/mol. The van der Waals surface area contributed by atoms with Gasteiger partial charge in [-0.15, -0.1) is 0 Å². The van der Waals surface area contributed by atoms with Gasteiger partial charge in [0.1, 0.15) is 26.2 Å². The Labute approximate surface area is 154 Å². The van der Waals surface area contributed by atoms with Gasteiger partial charge in [-0.25, -0.2) is 0 Å².